The first-order valence-corrected chi connectivity index (χ1v) is 10.1. The van der Waals surface area contributed by atoms with E-state index in [4.69, 9.17) is 23.2 Å². The molecule has 0 amide bonds. The molecule has 134 valence electrons. The van der Waals surface area contributed by atoms with Crippen molar-refractivity contribution in [2.24, 2.45) is 0 Å². The van der Waals surface area contributed by atoms with E-state index in [1.54, 1.807) is 17.5 Å². The number of fused-ring (bicyclic) bond motifs is 1. The minimum absolute atomic E-state index is 0.311. The molecular formula is C19H18Cl2N4S. The number of rotatable bonds is 6. The van der Waals surface area contributed by atoms with E-state index < -0.39 is 0 Å². The smallest absolute Gasteiger partial charge is 0.184 e. The maximum atomic E-state index is 6.37. The largest absolute Gasteiger partial charge is 0.369 e. The van der Waals surface area contributed by atoms with E-state index in [1.807, 2.05) is 12.1 Å². The third-order valence-electron chi connectivity index (χ3n) is 4.45. The van der Waals surface area contributed by atoms with Crippen molar-refractivity contribution in [3.63, 3.8) is 0 Å². The first-order valence-electron chi connectivity index (χ1n) is 8.51. The van der Waals surface area contributed by atoms with Crippen LogP contribution in [0.4, 0.5) is 10.9 Å². The van der Waals surface area contributed by atoms with Crippen molar-refractivity contribution in [2.75, 3.05) is 23.7 Å². The highest BCUT2D eigenvalue weighted by Crippen LogP contribution is 2.37. The third kappa shape index (κ3) is 3.95. The lowest BCUT2D eigenvalue weighted by molar-refractivity contribution is 0.760. The zero-order valence-corrected chi connectivity index (χ0v) is 16.3. The van der Waals surface area contributed by atoms with Crippen LogP contribution in [0.1, 0.15) is 21.9 Å². The van der Waals surface area contributed by atoms with Gasteiger partial charge < -0.3 is 10.6 Å². The predicted octanol–water partition coefficient (Wildman–Crippen LogP) is 5.25. The molecule has 1 aromatic carbocycles. The highest BCUT2D eigenvalue weighted by atomic mass is 35.5. The summed E-state index contributed by atoms with van der Waals surface area (Å²) in [5, 5.41) is 8.83. The fourth-order valence-corrected chi connectivity index (χ4v) is 4.60. The molecule has 0 saturated heterocycles. The van der Waals surface area contributed by atoms with Crippen LogP contribution in [0.3, 0.4) is 0 Å². The quantitative estimate of drug-likeness (QED) is 0.588. The molecule has 2 aromatic heterocycles. The van der Waals surface area contributed by atoms with Gasteiger partial charge in [-0.2, -0.15) is 0 Å². The van der Waals surface area contributed by atoms with Gasteiger partial charge in [-0.1, -0.05) is 53.5 Å². The Hall–Kier alpha value is -1.82. The zero-order valence-electron chi connectivity index (χ0n) is 14.0. The number of hydrogen-bond acceptors (Lipinski definition) is 5. The fraction of sp³-hybridized carbons (Fsp3) is 0.263. The number of aromatic nitrogens is 2. The average molecular weight is 405 g/mol. The van der Waals surface area contributed by atoms with Crippen LogP contribution in [-0.4, -0.2) is 23.1 Å². The van der Waals surface area contributed by atoms with Gasteiger partial charge in [-0.15, -0.1) is 11.3 Å². The Bertz CT molecular complexity index is 898. The number of benzene rings is 1. The maximum absolute atomic E-state index is 6.37. The third-order valence-corrected chi connectivity index (χ3v) is 6.12. The maximum Gasteiger partial charge on any atom is 0.184 e. The number of halogens is 2. The first-order chi connectivity index (χ1) is 12.7. The Kier molecular flexibility index (Phi) is 5.29. The van der Waals surface area contributed by atoms with Crippen molar-refractivity contribution in [2.45, 2.75) is 18.8 Å². The van der Waals surface area contributed by atoms with E-state index in [9.17, 15) is 0 Å². The van der Waals surface area contributed by atoms with Gasteiger partial charge in [0, 0.05) is 35.6 Å². The Morgan fingerprint density at radius 1 is 1.23 bits per heavy atom. The summed E-state index contributed by atoms with van der Waals surface area (Å²) >= 11 is 14.1. The van der Waals surface area contributed by atoms with Gasteiger partial charge in [0.1, 0.15) is 11.0 Å². The summed E-state index contributed by atoms with van der Waals surface area (Å²) < 4.78 is 0. The first kappa shape index (κ1) is 17.6. The molecule has 4 nitrogen and oxygen atoms in total. The van der Waals surface area contributed by atoms with E-state index in [-0.39, 0.29) is 0 Å². The van der Waals surface area contributed by atoms with Gasteiger partial charge >= 0.3 is 0 Å². The number of thiazole rings is 1. The molecule has 3 aromatic rings. The van der Waals surface area contributed by atoms with Crippen molar-refractivity contribution in [3.05, 3.63) is 68.8 Å². The lowest BCUT2D eigenvalue weighted by Crippen LogP contribution is -2.04. The van der Waals surface area contributed by atoms with Gasteiger partial charge in [0.25, 0.3) is 0 Å². The topological polar surface area (TPSA) is 49.8 Å². The monoisotopic (exact) mass is 404 g/mol. The van der Waals surface area contributed by atoms with Gasteiger partial charge in [0.2, 0.25) is 0 Å². The van der Waals surface area contributed by atoms with Crippen molar-refractivity contribution in [3.8, 4) is 0 Å². The van der Waals surface area contributed by atoms with Gasteiger partial charge in [0.05, 0.1) is 5.02 Å². The number of nitrogens with one attached hydrogen (secondary N) is 2. The van der Waals surface area contributed by atoms with E-state index in [1.165, 1.54) is 5.56 Å². The minimum Gasteiger partial charge on any atom is -0.369 e. The summed E-state index contributed by atoms with van der Waals surface area (Å²) in [5.41, 5.74) is 2.46. The molecule has 0 fully saturated rings. The molecule has 0 saturated carbocycles. The minimum atomic E-state index is 0.311. The van der Waals surface area contributed by atoms with E-state index in [0.29, 0.717) is 16.1 Å². The van der Waals surface area contributed by atoms with Gasteiger partial charge in [-0.3, -0.25) is 0 Å². The van der Waals surface area contributed by atoms with Crippen molar-refractivity contribution in [1.29, 1.82) is 0 Å². The molecule has 26 heavy (non-hydrogen) atoms. The Labute approximate surface area is 166 Å². The molecule has 1 unspecified atom stereocenters. The summed E-state index contributed by atoms with van der Waals surface area (Å²) in [6.07, 6.45) is 3.46. The summed E-state index contributed by atoms with van der Waals surface area (Å²) in [6.45, 7) is 1.67. The SMILES string of the molecule is Clc1cnc2c(c1)C(Cc1sc(NCCc3ccccc3)nc1Cl)CN2. The highest BCUT2D eigenvalue weighted by molar-refractivity contribution is 7.16. The molecule has 0 radical (unpaired) electrons. The summed E-state index contributed by atoms with van der Waals surface area (Å²) in [6, 6.07) is 12.4. The van der Waals surface area contributed by atoms with Crippen LogP contribution in [0.5, 0.6) is 0 Å². The van der Waals surface area contributed by atoms with Crippen LogP contribution in [0.2, 0.25) is 10.2 Å². The van der Waals surface area contributed by atoms with Crippen LogP contribution >= 0.6 is 34.5 Å². The molecule has 4 rings (SSSR count). The molecular weight excluding hydrogens is 387 g/mol. The second-order valence-corrected chi connectivity index (χ2v) is 8.15. The Balaban J connectivity index is 1.39. The van der Waals surface area contributed by atoms with Crippen molar-refractivity contribution >= 4 is 45.5 Å². The second-order valence-electron chi connectivity index (χ2n) is 6.27. The van der Waals surface area contributed by atoms with Crippen molar-refractivity contribution < 1.29 is 0 Å². The van der Waals surface area contributed by atoms with E-state index in [2.05, 4.69) is 44.9 Å². The van der Waals surface area contributed by atoms with Gasteiger partial charge in [-0.25, -0.2) is 9.97 Å². The van der Waals surface area contributed by atoms with Gasteiger partial charge in [0.15, 0.2) is 5.13 Å². The fourth-order valence-electron chi connectivity index (χ4n) is 3.14. The Morgan fingerprint density at radius 2 is 2.08 bits per heavy atom. The zero-order chi connectivity index (χ0) is 17.9. The second kappa shape index (κ2) is 7.82. The van der Waals surface area contributed by atoms with Gasteiger partial charge in [-0.05, 0) is 24.5 Å². The van der Waals surface area contributed by atoms with E-state index >= 15 is 0 Å². The molecule has 2 N–H and O–H groups in total. The number of anilines is 2. The van der Waals surface area contributed by atoms with Crippen LogP contribution in [0.15, 0.2) is 42.6 Å². The molecule has 0 spiro atoms. The summed E-state index contributed by atoms with van der Waals surface area (Å²) in [5.74, 6) is 1.23. The number of nitrogens with zero attached hydrogens (tertiary/aromatic N) is 2. The summed E-state index contributed by atoms with van der Waals surface area (Å²) in [4.78, 5) is 9.91. The number of pyridine rings is 1. The molecule has 0 bridgehead atoms. The molecule has 1 atom stereocenters. The van der Waals surface area contributed by atoms with E-state index in [0.717, 1.165) is 47.3 Å². The lowest BCUT2D eigenvalue weighted by Gasteiger charge is -2.08. The van der Waals surface area contributed by atoms with Crippen molar-refractivity contribution in [1.82, 2.24) is 9.97 Å². The average Bonchev–Trinajstić information content (AvgIpc) is 3.20. The summed E-state index contributed by atoms with van der Waals surface area (Å²) in [7, 11) is 0. The normalized spacial score (nSPS) is 15.5. The molecule has 0 aliphatic carbocycles. The molecule has 1 aliphatic heterocycles. The molecule has 3 heterocycles. The molecule has 7 heteroatoms. The van der Waals surface area contributed by atoms with Crippen LogP contribution < -0.4 is 10.6 Å². The standard InChI is InChI=1S/C19H18Cl2N4S/c20-14-9-15-13(10-23-18(15)24-11-14)8-16-17(21)25-19(26-16)22-7-6-12-4-2-1-3-5-12/h1-5,9,11,13H,6-8,10H2,(H,22,25)(H,23,24). The molecule has 1 aliphatic rings. The Morgan fingerprint density at radius 3 is 2.92 bits per heavy atom. The predicted molar refractivity (Wildman–Crippen MR) is 110 cm³/mol. The van der Waals surface area contributed by atoms with Crippen LogP contribution in [0.25, 0.3) is 0 Å². The highest BCUT2D eigenvalue weighted by Gasteiger charge is 2.25. The number of hydrogen-bond donors (Lipinski definition) is 2. The van der Waals surface area contributed by atoms with Crippen LogP contribution in [-0.2, 0) is 12.8 Å². The van der Waals surface area contributed by atoms with Crippen LogP contribution in [0, 0.1) is 0 Å². The lowest BCUT2D eigenvalue weighted by atomic mass is 9.99.